The van der Waals surface area contributed by atoms with Crippen LogP contribution in [0.5, 0.6) is 5.75 Å². The van der Waals surface area contributed by atoms with Gasteiger partial charge in [0.05, 0.1) is 29.6 Å². The number of aromatic nitrogens is 2. The molecule has 0 saturated carbocycles. The molecule has 0 unspecified atom stereocenters. The normalized spacial score (nSPS) is 11.4. The van der Waals surface area contributed by atoms with Crippen LogP contribution in [-0.2, 0) is 12.7 Å². The summed E-state index contributed by atoms with van der Waals surface area (Å²) in [6, 6.07) is 12.6. The summed E-state index contributed by atoms with van der Waals surface area (Å²) in [4.78, 5) is 16.7. The van der Waals surface area contributed by atoms with Gasteiger partial charge in [-0.1, -0.05) is 6.07 Å². The zero-order valence-electron chi connectivity index (χ0n) is 17.9. The minimum absolute atomic E-state index is 0.00520. The zero-order chi connectivity index (χ0) is 23.6. The van der Waals surface area contributed by atoms with Crippen molar-refractivity contribution >= 4 is 28.3 Å². The standard InChI is InChI=1S/C24H21F3N4O2/c1-15-12-22(33-2)20(13-18(15)24(25,26)27)30-23(32)29-19-4-3-5-21-17(19)8-11-31(21)14-16-6-9-28-10-7-16/h3-13H,14H2,1-2H3,(H2,29,30,32). The lowest BCUT2D eigenvalue weighted by Gasteiger charge is -2.17. The number of amides is 2. The van der Waals surface area contributed by atoms with Crippen molar-refractivity contribution in [2.75, 3.05) is 17.7 Å². The van der Waals surface area contributed by atoms with Crippen molar-refractivity contribution in [3.8, 4) is 5.75 Å². The van der Waals surface area contributed by atoms with E-state index in [4.69, 9.17) is 4.74 Å². The SMILES string of the molecule is COc1cc(C)c(C(F)(F)F)cc1NC(=O)Nc1cccc2c1ccn2Cc1ccncc1. The number of alkyl halides is 3. The number of pyridine rings is 1. The predicted molar refractivity (Wildman–Crippen MR) is 121 cm³/mol. The van der Waals surface area contributed by atoms with E-state index in [1.165, 1.54) is 20.1 Å². The van der Waals surface area contributed by atoms with Crippen molar-refractivity contribution in [1.82, 2.24) is 9.55 Å². The zero-order valence-corrected chi connectivity index (χ0v) is 17.9. The molecule has 0 radical (unpaired) electrons. The monoisotopic (exact) mass is 454 g/mol. The van der Waals surface area contributed by atoms with Crippen molar-refractivity contribution in [3.63, 3.8) is 0 Å². The quantitative estimate of drug-likeness (QED) is 0.385. The fourth-order valence-corrected chi connectivity index (χ4v) is 3.68. The molecular weight excluding hydrogens is 433 g/mol. The third-order valence-electron chi connectivity index (χ3n) is 5.26. The van der Waals surface area contributed by atoms with Gasteiger partial charge in [0.25, 0.3) is 0 Å². The molecule has 4 aromatic rings. The van der Waals surface area contributed by atoms with Crippen LogP contribution >= 0.6 is 0 Å². The Morgan fingerprint density at radius 3 is 2.48 bits per heavy atom. The van der Waals surface area contributed by atoms with Gasteiger partial charge in [0.2, 0.25) is 0 Å². The molecule has 2 N–H and O–H groups in total. The molecule has 2 aromatic heterocycles. The number of benzene rings is 2. The molecule has 0 spiro atoms. The van der Waals surface area contributed by atoms with Crippen molar-refractivity contribution in [3.05, 3.63) is 83.8 Å². The Hall–Kier alpha value is -4.01. The van der Waals surface area contributed by atoms with Gasteiger partial charge in [-0.05, 0) is 60.5 Å². The summed E-state index contributed by atoms with van der Waals surface area (Å²) in [6.45, 7) is 1.97. The highest BCUT2D eigenvalue weighted by Gasteiger charge is 2.33. The number of ether oxygens (including phenoxy) is 1. The molecule has 2 amide bonds. The molecule has 170 valence electrons. The fourth-order valence-electron chi connectivity index (χ4n) is 3.68. The maximum absolute atomic E-state index is 13.3. The predicted octanol–water partition coefficient (Wildman–Crippen LogP) is 6.06. The number of rotatable bonds is 5. The van der Waals surface area contributed by atoms with Crippen LogP contribution < -0.4 is 15.4 Å². The molecule has 2 heterocycles. The van der Waals surface area contributed by atoms with Gasteiger partial charge in [0.1, 0.15) is 5.75 Å². The highest BCUT2D eigenvalue weighted by molar-refractivity contribution is 6.06. The summed E-state index contributed by atoms with van der Waals surface area (Å²) in [5, 5.41) is 6.00. The summed E-state index contributed by atoms with van der Waals surface area (Å²) in [5.74, 6) is 0.136. The molecule has 2 aromatic carbocycles. The van der Waals surface area contributed by atoms with Gasteiger partial charge in [-0.3, -0.25) is 4.98 Å². The van der Waals surface area contributed by atoms with E-state index in [1.54, 1.807) is 24.5 Å². The summed E-state index contributed by atoms with van der Waals surface area (Å²) in [6.07, 6.45) is 0.809. The average molecular weight is 454 g/mol. The summed E-state index contributed by atoms with van der Waals surface area (Å²) in [5.41, 5.74) is 1.60. The molecule has 0 aliphatic rings. The van der Waals surface area contributed by atoms with Crippen LogP contribution in [0.2, 0.25) is 0 Å². The first-order valence-corrected chi connectivity index (χ1v) is 10.1. The first-order valence-electron chi connectivity index (χ1n) is 10.1. The van der Waals surface area contributed by atoms with Gasteiger partial charge in [-0.25, -0.2) is 4.79 Å². The number of carbonyl (C=O) groups excluding carboxylic acids is 1. The smallest absolute Gasteiger partial charge is 0.416 e. The van der Waals surface area contributed by atoms with E-state index >= 15 is 0 Å². The number of carbonyl (C=O) groups is 1. The lowest BCUT2D eigenvalue weighted by molar-refractivity contribution is -0.138. The molecule has 0 saturated heterocycles. The van der Waals surface area contributed by atoms with E-state index in [1.807, 2.05) is 35.0 Å². The van der Waals surface area contributed by atoms with Crippen LogP contribution in [0.15, 0.2) is 67.1 Å². The van der Waals surface area contributed by atoms with Gasteiger partial charge in [0.15, 0.2) is 0 Å². The van der Waals surface area contributed by atoms with E-state index in [2.05, 4.69) is 15.6 Å². The number of hydrogen-bond acceptors (Lipinski definition) is 3. The Labute approximate surface area is 188 Å². The molecule has 4 rings (SSSR count). The Morgan fingerprint density at radius 1 is 1.06 bits per heavy atom. The van der Waals surface area contributed by atoms with Crippen LogP contribution in [0, 0.1) is 6.92 Å². The number of anilines is 2. The average Bonchev–Trinajstić information content (AvgIpc) is 3.18. The largest absolute Gasteiger partial charge is 0.495 e. The number of hydrogen-bond donors (Lipinski definition) is 2. The van der Waals surface area contributed by atoms with E-state index in [9.17, 15) is 18.0 Å². The van der Waals surface area contributed by atoms with Crippen molar-refractivity contribution in [2.45, 2.75) is 19.6 Å². The van der Waals surface area contributed by atoms with Crippen LogP contribution in [0.4, 0.5) is 29.3 Å². The van der Waals surface area contributed by atoms with Crippen molar-refractivity contribution in [2.24, 2.45) is 0 Å². The van der Waals surface area contributed by atoms with Crippen molar-refractivity contribution < 1.29 is 22.7 Å². The second-order valence-electron chi connectivity index (χ2n) is 7.48. The van der Waals surface area contributed by atoms with E-state index < -0.39 is 17.8 Å². The third-order valence-corrected chi connectivity index (χ3v) is 5.26. The van der Waals surface area contributed by atoms with Gasteiger partial charge < -0.3 is 19.9 Å². The number of urea groups is 1. The number of nitrogens with one attached hydrogen (secondary N) is 2. The summed E-state index contributed by atoms with van der Waals surface area (Å²) in [7, 11) is 1.33. The minimum Gasteiger partial charge on any atom is -0.495 e. The summed E-state index contributed by atoms with van der Waals surface area (Å²) >= 11 is 0. The maximum Gasteiger partial charge on any atom is 0.416 e. The first kappa shape index (κ1) is 22.2. The fraction of sp³-hybridized carbons (Fsp3) is 0.167. The van der Waals surface area contributed by atoms with E-state index in [-0.39, 0.29) is 17.0 Å². The lowest BCUT2D eigenvalue weighted by Crippen LogP contribution is -2.20. The highest BCUT2D eigenvalue weighted by Crippen LogP contribution is 2.38. The molecule has 0 bridgehead atoms. The van der Waals surface area contributed by atoms with E-state index in [0.717, 1.165) is 22.5 Å². The molecular formula is C24H21F3N4O2. The van der Waals surface area contributed by atoms with Crippen LogP contribution in [0.1, 0.15) is 16.7 Å². The topological polar surface area (TPSA) is 68.2 Å². The van der Waals surface area contributed by atoms with Crippen LogP contribution in [-0.4, -0.2) is 22.7 Å². The second kappa shape index (κ2) is 8.85. The molecule has 9 heteroatoms. The molecule has 6 nitrogen and oxygen atoms in total. The Balaban J connectivity index is 1.58. The van der Waals surface area contributed by atoms with Gasteiger partial charge >= 0.3 is 12.2 Å². The molecule has 0 atom stereocenters. The minimum atomic E-state index is -4.55. The Morgan fingerprint density at radius 2 is 1.79 bits per heavy atom. The molecule has 0 aliphatic carbocycles. The molecule has 33 heavy (non-hydrogen) atoms. The van der Waals surface area contributed by atoms with Crippen LogP contribution in [0.25, 0.3) is 10.9 Å². The number of halogens is 3. The second-order valence-corrected chi connectivity index (χ2v) is 7.48. The summed E-state index contributed by atoms with van der Waals surface area (Å²) < 4.78 is 47.1. The maximum atomic E-state index is 13.3. The third kappa shape index (κ3) is 4.77. The first-order chi connectivity index (χ1) is 15.8. The number of fused-ring (bicyclic) bond motifs is 1. The number of nitrogens with zero attached hydrogens (tertiary/aromatic N) is 2. The molecule has 0 aliphatic heterocycles. The number of methoxy groups -OCH3 is 1. The highest BCUT2D eigenvalue weighted by atomic mass is 19.4. The molecule has 0 fully saturated rings. The van der Waals surface area contributed by atoms with Gasteiger partial charge in [-0.15, -0.1) is 0 Å². The Kier molecular flexibility index (Phi) is 5.95. The van der Waals surface area contributed by atoms with Crippen molar-refractivity contribution in [1.29, 1.82) is 0 Å². The van der Waals surface area contributed by atoms with E-state index in [0.29, 0.717) is 12.2 Å². The van der Waals surface area contributed by atoms with Gasteiger partial charge in [0, 0.05) is 30.5 Å². The number of aryl methyl sites for hydroxylation is 1. The lowest BCUT2D eigenvalue weighted by atomic mass is 10.1. The Bertz CT molecular complexity index is 1300. The van der Waals surface area contributed by atoms with Crippen LogP contribution in [0.3, 0.4) is 0 Å². The van der Waals surface area contributed by atoms with Gasteiger partial charge in [-0.2, -0.15) is 13.2 Å².